The van der Waals surface area contributed by atoms with Gasteiger partial charge in [-0.05, 0) is 5.46 Å². The van der Waals surface area contributed by atoms with E-state index in [1.165, 1.54) is 0 Å². The van der Waals surface area contributed by atoms with Gasteiger partial charge in [0, 0.05) is 0 Å². The fraction of sp³-hybridized carbons (Fsp3) is 0.400. The molecule has 1 rings (SSSR count). The molecule has 0 unspecified atom stereocenters. The van der Waals surface area contributed by atoms with Crippen molar-refractivity contribution in [2.45, 2.75) is 27.7 Å². The summed E-state index contributed by atoms with van der Waals surface area (Å²) >= 11 is 0. The quantitative estimate of drug-likeness (QED) is 0.644. The largest absolute Gasteiger partial charge is 0.488 e. The predicted molar refractivity (Wildman–Crippen MR) is 59.0 cm³/mol. The number of hydrogen-bond acceptors (Lipinski definition) is 2. The highest BCUT2D eigenvalue weighted by Crippen LogP contribution is 1.82. The molecule has 0 atom stereocenters. The molecule has 2 nitrogen and oxygen atoms in total. The van der Waals surface area contributed by atoms with Crippen LogP contribution in [-0.4, -0.2) is 17.2 Å². The lowest BCUT2D eigenvalue weighted by atomic mass is 9.81. The maximum atomic E-state index is 8.58. The molecule has 13 heavy (non-hydrogen) atoms. The molecular weight excluding hydrogens is 163 g/mol. The molecule has 0 saturated carbocycles. The van der Waals surface area contributed by atoms with E-state index in [-0.39, 0.29) is 0 Å². The van der Waals surface area contributed by atoms with Crippen LogP contribution in [0, 0.1) is 0 Å². The summed E-state index contributed by atoms with van der Waals surface area (Å²) in [5.74, 6) is 0. The van der Waals surface area contributed by atoms with Crippen molar-refractivity contribution in [2.75, 3.05) is 0 Å². The van der Waals surface area contributed by atoms with Crippen LogP contribution in [0.1, 0.15) is 27.7 Å². The predicted octanol–water partition coefficient (Wildman–Crippen LogP) is 1.42. The van der Waals surface area contributed by atoms with Crippen molar-refractivity contribution >= 4 is 12.6 Å². The molecule has 0 fully saturated rings. The van der Waals surface area contributed by atoms with Crippen molar-refractivity contribution < 1.29 is 10.0 Å². The standard InChI is InChI=1S/C6H7BO2.2C2H6/c8-7(9)6-4-2-1-3-5-6;2*1-2/h1-5,8-9H;2*1-2H3. The lowest BCUT2D eigenvalue weighted by Gasteiger charge is -1.94. The van der Waals surface area contributed by atoms with Gasteiger partial charge in [0.15, 0.2) is 0 Å². The van der Waals surface area contributed by atoms with Crippen LogP contribution in [-0.2, 0) is 0 Å². The Labute approximate surface area is 81.4 Å². The van der Waals surface area contributed by atoms with Crippen LogP contribution < -0.4 is 5.46 Å². The Balaban J connectivity index is 0. The molecule has 1 aromatic rings. The van der Waals surface area contributed by atoms with Gasteiger partial charge in [-0.2, -0.15) is 0 Å². The molecule has 0 heterocycles. The normalized spacial score (nSPS) is 7.23. The smallest absolute Gasteiger partial charge is 0.423 e. The molecule has 0 aromatic heterocycles. The second-order valence-corrected chi connectivity index (χ2v) is 1.78. The minimum absolute atomic E-state index is 0.525. The Kier molecular flexibility index (Phi) is 12.7. The highest BCUT2D eigenvalue weighted by atomic mass is 16.4. The Morgan fingerprint density at radius 3 is 1.46 bits per heavy atom. The summed E-state index contributed by atoms with van der Waals surface area (Å²) in [6.45, 7) is 8.00. The molecule has 3 heteroatoms. The minimum Gasteiger partial charge on any atom is -0.423 e. The molecule has 0 aliphatic carbocycles. The van der Waals surface area contributed by atoms with Gasteiger partial charge in [0.1, 0.15) is 0 Å². The Hall–Kier alpha value is -0.795. The Morgan fingerprint density at radius 2 is 1.23 bits per heavy atom. The minimum atomic E-state index is -1.34. The van der Waals surface area contributed by atoms with Crippen LogP contribution in [0.5, 0.6) is 0 Å². The summed E-state index contributed by atoms with van der Waals surface area (Å²) in [4.78, 5) is 0. The maximum Gasteiger partial charge on any atom is 0.488 e. The van der Waals surface area contributed by atoms with E-state index in [2.05, 4.69) is 0 Å². The van der Waals surface area contributed by atoms with Crippen molar-refractivity contribution in [3.63, 3.8) is 0 Å². The maximum absolute atomic E-state index is 8.58. The van der Waals surface area contributed by atoms with E-state index in [1.807, 2.05) is 33.8 Å². The summed E-state index contributed by atoms with van der Waals surface area (Å²) in [5, 5.41) is 17.2. The number of rotatable bonds is 1. The summed E-state index contributed by atoms with van der Waals surface area (Å²) in [6.07, 6.45) is 0. The van der Waals surface area contributed by atoms with E-state index in [4.69, 9.17) is 10.0 Å². The molecule has 0 amide bonds. The van der Waals surface area contributed by atoms with E-state index < -0.39 is 7.12 Å². The van der Waals surface area contributed by atoms with Crippen LogP contribution in [0.4, 0.5) is 0 Å². The first-order chi connectivity index (χ1) is 6.30. The van der Waals surface area contributed by atoms with Gasteiger partial charge in [0.25, 0.3) is 0 Å². The topological polar surface area (TPSA) is 40.5 Å². The van der Waals surface area contributed by atoms with Gasteiger partial charge in [-0.15, -0.1) is 0 Å². The average molecular weight is 182 g/mol. The summed E-state index contributed by atoms with van der Waals surface area (Å²) in [5.41, 5.74) is 0.525. The van der Waals surface area contributed by atoms with Crippen LogP contribution in [0.3, 0.4) is 0 Å². The summed E-state index contributed by atoms with van der Waals surface area (Å²) in [6, 6.07) is 8.66. The van der Waals surface area contributed by atoms with Crippen molar-refractivity contribution in [3.8, 4) is 0 Å². The van der Waals surface area contributed by atoms with Gasteiger partial charge in [-0.25, -0.2) is 0 Å². The second-order valence-electron chi connectivity index (χ2n) is 1.78. The highest BCUT2D eigenvalue weighted by Gasteiger charge is 2.07. The summed E-state index contributed by atoms with van der Waals surface area (Å²) < 4.78 is 0. The number of benzene rings is 1. The van der Waals surface area contributed by atoms with Gasteiger partial charge in [-0.1, -0.05) is 58.0 Å². The van der Waals surface area contributed by atoms with E-state index >= 15 is 0 Å². The van der Waals surface area contributed by atoms with Crippen molar-refractivity contribution in [1.29, 1.82) is 0 Å². The molecule has 0 radical (unpaired) electrons. The van der Waals surface area contributed by atoms with E-state index in [0.717, 1.165) is 0 Å². The third kappa shape index (κ3) is 7.56. The van der Waals surface area contributed by atoms with E-state index in [1.54, 1.807) is 24.3 Å². The zero-order valence-corrected chi connectivity index (χ0v) is 8.86. The van der Waals surface area contributed by atoms with Crippen LogP contribution in [0.25, 0.3) is 0 Å². The van der Waals surface area contributed by atoms with Gasteiger partial charge >= 0.3 is 7.12 Å². The lowest BCUT2D eigenvalue weighted by molar-refractivity contribution is 0.426. The molecule has 1 aromatic carbocycles. The molecule has 0 bridgehead atoms. The molecular formula is C10H19BO2. The van der Waals surface area contributed by atoms with Gasteiger partial charge in [-0.3, -0.25) is 0 Å². The van der Waals surface area contributed by atoms with Crippen molar-refractivity contribution in [3.05, 3.63) is 30.3 Å². The van der Waals surface area contributed by atoms with Crippen LogP contribution in [0.2, 0.25) is 0 Å². The molecule has 2 N–H and O–H groups in total. The van der Waals surface area contributed by atoms with Gasteiger partial charge in [0.2, 0.25) is 0 Å². The SMILES string of the molecule is CC.CC.OB(O)c1ccccc1. The van der Waals surface area contributed by atoms with E-state index in [0.29, 0.717) is 5.46 Å². The highest BCUT2D eigenvalue weighted by molar-refractivity contribution is 6.58. The summed E-state index contributed by atoms with van der Waals surface area (Å²) in [7, 11) is -1.34. The zero-order valence-electron chi connectivity index (χ0n) is 8.86. The van der Waals surface area contributed by atoms with Crippen LogP contribution in [0.15, 0.2) is 30.3 Å². The van der Waals surface area contributed by atoms with E-state index in [9.17, 15) is 0 Å². The van der Waals surface area contributed by atoms with Gasteiger partial charge in [0.05, 0.1) is 0 Å². The molecule has 0 spiro atoms. The fourth-order valence-corrected chi connectivity index (χ4v) is 0.625. The average Bonchev–Trinajstić information content (AvgIpc) is 2.25. The fourth-order valence-electron chi connectivity index (χ4n) is 0.625. The van der Waals surface area contributed by atoms with Crippen LogP contribution >= 0.6 is 0 Å². The van der Waals surface area contributed by atoms with Crippen molar-refractivity contribution in [1.82, 2.24) is 0 Å². The molecule has 0 aliphatic heterocycles. The first kappa shape index (κ1) is 14.7. The third-order valence-electron chi connectivity index (χ3n) is 1.10. The third-order valence-corrected chi connectivity index (χ3v) is 1.10. The Morgan fingerprint density at radius 1 is 0.846 bits per heavy atom. The van der Waals surface area contributed by atoms with Gasteiger partial charge < -0.3 is 10.0 Å². The molecule has 74 valence electrons. The second kappa shape index (κ2) is 11.2. The molecule has 0 aliphatic rings. The number of hydrogen-bond donors (Lipinski definition) is 2. The Bertz CT molecular complexity index is 176. The first-order valence-corrected chi connectivity index (χ1v) is 4.72. The monoisotopic (exact) mass is 182 g/mol. The lowest BCUT2D eigenvalue weighted by Crippen LogP contribution is -2.29. The zero-order chi connectivity index (χ0) is 10.7. The molecule has 0 saturated heterocycles. The van der Waals surface area contributed by atoms with Crippen molar-refractivity contribution in [2.24, 2.45) is 0 Å². The first-order valence-electron chi connectivity index (χ1n) is 4.72.